The average molecular weight is 436 g/mol. The number of carbonyl (C=O) groups excluding carboxylic acids is 1. The van der Waals surface area contributed by atoms with Gasteiger partial charge >= 0.3 is 10.4 Å². The molecule has 174 valence electrons. The van der Waals surface area contributed by atoms with Crippen LogP contribution in [-0.2, 0) is 19.4 Å². The van der Waals surface area contributed by atoms with Gasteiger partial charge in [0.15, 0.2) is 0 Å². The molecule has 0 spiro atoms. The average Bonchev–Trinajstić information content (AvgIpc) is 2.65. The van der Waals surface area contributed by atoms with Gasteiger partial charge in [-0.15, -0.1) is 0 Å². The first-order chi connectivity index (χ1) is 13.9. The van der Waals surface area contributed by atoms with Crippen molar-refractivity contribution in [2.45, 2.75) is 129 Å². The summed E-state index contributed by atoms with van der Waals surface area (Å²) < 4.78 is 35.8. The fraction of sp³-hybridized carbons (Fsp3) is 0.955. The van der Waals surface area contributed by atoms with E-state index in [2.05, 4.69) is 19.2 Å². The van der Waals surface area contributed by atoms with Crippen LogP contribution in [0.25, 0.3) is 0 Å². The minimum absolute atomic E-state index is 0.176. The van der Waals surface area contributed by atoms with Gasteiger partial charge in [0.1, 0.15) is 0 Å². The van der Waals surface area contributed by atoms with Gasteiger partial charge in [-0.05, 0) is 25.7 Å². The normalized spacial score (nSPS) is 12.8. The largest absolute Gasteiger partial charge is 0.397 e. The summed E-state index contributed by atoms with van der Waals surface area (Å²) in [4.78, 5) is 11.6. The van der Waals surface area contributed by atoms with E-state index in [0.29, 0.717) is 19.3 Å². The van der Waals surface area contributed by atoms with Crippen molar-refractivity contribution in [3.05, 3.63) is 0 Å². The highest BCUT2D eigenvalue weighted by Crippen LogP contribution is 2.18. The van der Waals surface area contributed by atoms with Gasteiger partial charge < -0.3 is 5.32 Å². The molecule has 0 bridgehead atoms. The topological polar surface area (TPSA) is 92.7 Å². The van der Waals surface area contributed by atoms with Gasteiger partial charge in [0, 0.05) is 13.0 Å². The summed E-state index contributed by atoms with van der Waals surface area (Å²) in [6, 6.07) is 0. The van der Waals surface area contributed by atoms with Crippen molar-refractivity contribution < 1.29 is 21.9 Å². The third kappa shape index (κ3) is 21.9. The van der Waals surface area contributed by atoms with Crippen molar-refractivity contribution in [3.63, 3.8) is 0 Å². The highest BCUT2D eigenvalue weighted by atomic mass is 32.3. The zero-order valence-electron chi connectivity index (χ0n) is 18.8. The van der Waals surface area contributed by atoms with E-state index in [-0.39, 0.29) is 5.91 Å². The number of amides is 1. The summed E-state index contributed by atoms with van der Waals surface area (Å²) in [5.74, 6) is 0.176. The Morgan fingerprint density at radius 2 is 1.28 bits per heavy atom. The zero-order chi connectivity index (χ0) is 21.8. The van der Waals surface area contributed by atoms with E-state index in [0.717, 1.165) is 83.6 Å². The molecule has 0 aliphatic rings. The lowest BCUT2D eigenvalue weighted by Crippen LogP contribution is -2.23. The molecule has 0 aromatic carbocycles. The second kappa shape index (κ2) is 19.3. The van der Waals surface area contributed by atoms with Crippen LogP contribution in [0, 0.1) is 0 Å². The van der Waals surface area contributed by atoms with E-state index in [4.69, 9.17) is 8.74 Å². The van der Waals surface area contributed by atoms with Crippen molar-refractivity contribution in [1.82, 2.24) is 5.32 Å². The van der Waals surface area contributed by atoms with E-state index < -0.39 is 16.5 Å². The molecule has 0 aliphatic heterocycles. The van der Waals surface area contributed by atoms with E-state index >= 15 is 0 Å². The Bertz CT molecular complexity index is 482. The minimum atomic E-state index is -4.37. The van der Waals surface area contributed by atoms with E-state index in [1.54, 1.807) is 0 Å². The van der Waals surface area contributed by atoms with Gasteiger partial charge in [-0.25, -0.2) is 4.18 Å². The molecule has 0 rings (SSSR count). The lowest BCUT2D eigenvalue weighted by molar-refractivity contribution is -0.121. The summed E-state index contributed by atoms with van der Waals surface area (Å²) in [6.45, 7) is 5.05. The molecule has 1 unspecified atom stereocenters. The monoisotopic (exact) mass is 435 g/mol. The minimum Gasteiger partial charge on any atom is -0.356 e. The Morgan fingerprint density at radius 1 is 0.793 bits per heavy atom. The maximum atomic E-state index is 11.6. The molecule has 0 fully saturated rings. The highest BCUT2D eigenvalue weighted by molar-refractivity contribution is 7.80. The first-order valence-electron chi connectivity index (χ1n) is 11.8. The summed E-state index contributed by atoms with van der Waals surface area (Å²) in [5.41, 5.74) is 0. The van der Waals surface area contributed by atoms with Gasteiger partial charge in [0.2, 0.25) is 5.91 Å². The molecule has 0 saturated carbocycles. The third-order valence-electron chi connectivity index (χ3n) is 5.17. The molecule has 0 saturated heterocycles. The number of hydrogen-bond acceptors (Lipinski definition) is 4. The van der Waals surface area contributed by atoms with Crippen molar-refractivity contribution in [2.24, 2.45) is 0 Å². The van der Waals surface area contributed by atoms with Crippen molar-refractivity contribution in [1.29, 1.82) is 0 Å². The van der Waals surface area contributed by atoms with E-state index in [1.807, 2.05) is 0 Å². The Kier molecular flexibility index (Phi) is 18.9. The molecule has 1 amide bonds. The van der Waals surface area contributed by atoms with Crippen molar-refractivity contribution in [2.75, 3.05) is 6.54 Å². The van der Waals surface area contributed by atoms with Crippen LogP contribution in [-0.4, -0.2) is 31.5 Å². The molecule has 7 heteroatoms. The standard InChI is InChI=1S/C22H45NO5S/c1-3-5-7-14-17-21(28-29(25,26)27)18-15-12-10-8-9-11-13-16-19-22(24)23-20-6-4-2/h21H,3-20H2,1-2H3,(H,23,24)(H,25,26,27). The number of unbranched alkanes of at least 4 members (excludes halogenated alkanes) is 11. The van der Waals surface area contributed by atoms with Crippen molar-refractivity contribution in [3.8, 4) is 0 Å². The molecular formula is C22H45NO5S. The Morgan fingerprint density at radius 3 is 1.79 bits per heavy atom. The van der Waals surface area contributed by atoms with Crippen LogP contribution in [0.5, 0.6) is 0 Å². The first-order valence-corrected chi connectivity index (χ1v) is 13.2. The van der Waals surface area contributed by atoms with E-state index in [1.165, 1.54) is 12.8 Å². The fourth-order valence-corrected chi connectivity index (χ4v) is 3.96. The van der Waals surface area contributed by atoms with Crippen LogP contribution in [0.4, 0.5) is 0 Å². The predicted octanol–water partition coefficient (Wildman–Crippen LogP) is 5.96. The molecule has 0 heterocycles. The summed E-state index contributed by atoms with van der Waals surface area (Å²) >= 11 is 0. The first kappa shape index (κ1) is 28.3. The zero-order valence-corrected chi connectivity index (χ0v) is 19.6. The number of rotatable bonds is 21. The van der Waals surface area contributed by atoms with Crippen LogP contribution >= 0.6 is 0 Å². The van der Waals surface area contributed by atoms with Gasteiger partial charge in [0.25, 0.3) is 0 Å². The van der Waals surface area contributed by atoms with Gasteiger partial charge in [-0.2, -0.15) is 8.42 Å². The third-order valence-corrected chi connectivity index (χ3v) is 5.69. The number of hydrogen-bond donors (Lipinski definition) is 2. The van der Waals surface area contributed by atoms with Crippen LogP contribution in [0.2, 0.25) is 0 Å². The molecule has 6 nitrogen and oxygen atoms in total. The van der Waals surface area contributed by atoms with Crippen molar-refractivity contribution >= 4 is 16.3 Å². The van der Waals surface area contributed by atoms with Crippen LogP contribution in [0.15, 0.2) is 0 Å². The Labute approximate surface area is 179 Å². The predicted molar refractivity (Wildman–Crippen MR) is 119 cm³/mol. The number of nitrogens with one attached hydrogen (secondary N) is 1. The highest BCUT2D eigenvalue weighted by Gasteiger charge is 2.16. The van der Waals surface area contributed by atoms with Gasteiger partial charge in [-0.3, -0.25) is 9.35 Å². The molecule has 1 atom stereocenters. The lowest BCUT2D eigenvalue weighted by Gasteiger charge is -2.15. The summed E-state index contributed by atoms with van der Waals surface area (Å²) in [6.07, 6.45) is 16.7. The Balaban J connectivity index is 3.64. The van der Waals surface area contributed by atoms with Gasteiger partial charge in [0.05, 0.1) is 6.10 Å². The Hall–Kier alpha value is -0.660. The maximum absolute atomic E-state index is 11.6. The lowest BCUT2D eigenvalue weighted by atomic mass is 10.0. The van der Waals surface area contributed by atoms with E-state index in [9.17, 15) is 13.2 Å². The fourth-order valence-electron chi connectivity index (χ4n) is 3.42. The molecular weight excluding hydrogens is 390 g/mol. The molecule has 0 aromatic rings. The van der Waals surface area contributed by atoms with Crippen LogP contribution in [0.3, 0.4) is 0 Å². The summed E-state index contributed by atoms with van der Waals surface area (Å²) in [5, 5.41) is 2.95. The SMILES string of the molecule is CCCCCCC(CCCCCCCCCCC(=O)NCCCC)OS(=O)(=O)O. The molecule has 0 aromatic heterocycles. The summed E-state index contributed by atoms with van der Waals surface area (Å²) in [7, 11) is -4.37. The van der Waals surface area contributed by atoms with Crippen LogP contribution < -0.4 is 5.32 Å². The second-order valence-electron chi connectivity index (χ2n) is 8.07. The maximum Gasteiger partial charge on any atom is 0.397 e. The smallest absolute Gasteiger partial charge is 0.356 e. The number of carbonyl (C=O) groups is 1. The molecule has 0 aliphatic carbocycles. The van der Waals surface area contributed by atoms with Crippen LogP contribution in [0.1, 0.15) is 123 Å². The molecule has 29 heavy (non-hydrogen) atoms. The second-order valence-corrected chi connectivity index (χ2v) is 9.11. The van der Waals surface area contributed by atoms with Gasteiger partial charge in [-0.1, -0.05) is 90.9 Å². The molecule has 0 radical (unpaired) electrons. The quantitative estimate of drug-likeness (QED) is 0.171. The molecule has 2 N–H and O–H groups in total.